The zero-order chi connectivity index (χ0) is 10.6. The molecule has 0 spiro atoms. The van der Waals surface area contributed by atoms with Crippen LogP contribution in [0.15, 0.2) is 0 Å². The van der Waals surface area contributed by atoms with Gasteiger partial charge in [-0.3, -0.25) is 9.59 Å². The quantitative estimate of drug-likeness (QED) is 0.637. The third kappa shape index (κ3) is 0.787. The highest BCUT2D eigenvalue weighted by molar-refractivity contribution is 6.09. The van der Waals surface area contributed by atoms with E-state index < -0.39 is 5.41 Å². The van der Waals surface area contributed by atoms with E-state index in [0.717, 1.165) is 12.8 Å². The van der Waals surface area contributed by atoms with Gasteiger partial charge in [0.15, 0.2) is 0 Å². The van der Waals surface area contributed by atoms with Gasteiger partial charge in [-0.2, -0.15) is 0 Å². The maximum Gasteiger partial charge on any atom is 0.234 e. The Morgan fingerprint density at radius 2 is 2.14 bits per heavy atom. The van der Waals surface area contributed by atoms with Crippen molar-refractivity contribution in [3.05, 3.63) is 0 Å². The van der Waals surface area contributed by atoms with Crippen molar-refractivity contribution in [2.24, 2.45) is 16.7 Å². The van der Waals surface area contributed by atoms with Gasteiger partial charge in [-0.25, -0.2) is 0 Å². The number of hydrogen-bond acceptors (Lipinski definition) is 2. The molecule has 0 radical (unpaired) electrons. The number of Topliss-reactive ketones (excluding diaryl/α,β-unsaturated/α-hetero) is 1. The van der Waals surface area contributed by atoms with Crippen molar-refractivity contribution in [3.8, 4) is 0 Å². The molecule has 0 heterocycles. The fraction of sp³-hybridized carbons (Fsp3) is 0.818. The summed E-state index contributed by atoms with van der Waals surface area (Å²) >= 11 is 0. The first kappa shape index (κ1) is 9.69. The minimum Gasteiger partial charge on any atom is -0.358 e. The summed E-state index contributed by atoms with van der Waals surface area (Å²) in [6.07, 6.45) is 2.36. The number of rotatable bonds is 1. The van der Waals surface area contributed by atoms with Crippen LogP contribution in [-0.2, 0) is 9.59 Å². The zero-order valence-corrected chi connectivity index (χ0v) is 9.02. The van der Waals surface area contributed by atoms with Crippen LogP contribution in [0.2, 0.25) is 0 Å². The first-order chi connectivity index (χ1) is 6.46. The molecule has 2 rings (SSSR count). The van der Waals surface area contributed by atoms with Crippen LogP contribution in [0.3, 0.4) is 0 Å². The summed E-state index contributed by atoms with van der Waals surface area (Å²) in [6, 6.07) is 0. The molecule has 0 aliphatic heterocycles. The predicted molar refractivity (Wildman–Crippen MR) is 52.6 cm³/mol. The molecule has 0 aromatic rings. The van der Waals surface area contributed by atoms with E-state index >= 15 is 0 Å². The Bertz CT molecular complexity index is 308. The van der Waals surface area contributed by atoms with Crippen molar-refractivity contribution >= 4 is 11.7 Å². The molecule has 2 aliphatic carbocycles. The Morgan fingerprint density at radius 1 is 1.50 bits per heavy atom. The highest BCUT2D eigenvalue weighted by Gasteiger charge is 2.67. The SMILES string of the molecule is CNC(=O)[C@@]12CC[C@H](CC1=O)C2(C)C. The standard InChI is InChI=1S/C11H17NO2/c1-10(2)7-4-5-11(10,8(13)6-7)9(14)12-3/h7H,4-6H2,1-3H3,(H,12,14)/t7-,11-/m1/s1. The fourth-order valence-electron chi connectivity index (χ4n) is 3.42. The van der Waals surface area contributed by atoms with Crippen molar-refractivity contribution < 1.29 is 9.59 Å². The molecule has 3 nitrogen and oxygen atoms in total. The molecule has 0 saturated heterocycles. The molecule has 2 aliphatic rings. The summed E-state index contributed by atoms with van der Waals surface area (Å²) < 4.78 is 0. The molecule has 3 heteroatoms. The Labute approximate surface area is 84.2 Å². The molecule has 2 atom stereocenters. The van der Waals surface area contributed by atoms with Gasteiger partial charge in [0.25, 0.3) is 0 Å². The van der Waals surface area contributed by atoms with Crippen LogP contribution in [-0.4, -0.2) is 18.7 Å². The molecule has 0 aromatic heterocycles. The fourth-order valence-corrected chi connectivity index (χ4v) is 3.42. The van der Waals surface area contributed by atoms with E-state index in [-0.39, 0.29) is 17.1 Å². The third-order valence-electron chi connectivity index (χ3n) is 4.51. The molecule has 0 unspecified atom stereocenters. The van der Waals surface area contributed by atoms with Crippen LogP contribution in [0, 0.1) is 16.7 Å². The lowest BCUT2D eigenvalue weighted by Gasteiger charge is -2.34. The first-order valence-electron chi connectivity index (χ1n) is 5.22. The predicted octanol–water partition coefficient (Wildman–Crippen LogP) is 1.13. The Hall–Kier alpha value is -0.860. The highest BCUT2D eigenvalue weighted by Crippen LogP contribution is 2.63. The summed E-state index contributed by atoms with van der Waals surface area (Å²) in [5.41, 5.74) is -0.864. The van der Waals surface area contributed by atoms with Gasteiger partial charge >= 0.3 is 0 Å². The molecule has 78 valence electrons. The molecular formula is C11H17NO2. The summed E-state index contributed by atoms with van der Waals surface area (Å²) in [4.78, 5) is 23.8. The Balaban J connectivity index is 2.49. The van der Waals surface area contributed by atoms with E-state index in [1.54, 1.807) is 7.05 Å². The highest BCUT2D eigenvalue weighted by atomic mass is 16.2. The summed E-state index contributed by atoms with van der Waals surface area (Å²) in [6.45, 7) is 4.12. The second-order valence-corrected chi connectivity index (χ2v) is 5.07. The van der Waals surface area contributed by atoms with Gasteiger partial charge in [-0.05, 0) is 24.2 Å². The lowest BCUT2D eigenvalue weighted by Crippen LogP contribution is -2.48. The average molecular weight is 195 g/mol. The monoisotopic (exact) mass is 195 g/mol. The van der Waals surface area contributed by atoms with E-state index in [9.17, 15) is 9.59 Å². The lowest BCUT2D eigenvalue weighted by atomic mass is 9.68. The lowest BCUT2D eigenvalue weighted by molar-refractivity contribution is -0.144. The van der Waals surface area contributed by atoms with Gasteiger partial charge < -0.3 is 5.32 Å². The molecule has 0 aromatic carbocycles. The van der Waals surface area contributed by atoms with Gasteiger partial charge in [0.2, 0.25) is 5.91 Å². The van der Waals surface area contributed by atoms with E-state index in [4.69, 9.17) is 0 Å². The van der Waals surface area contributed by atoms with Crippen LogP contribution in [0.1, 0.15) is 33.1 Å². The van der Waals surface area contributed by atoms with Gasteiger partial charge in [-0.15, -0.1) is 0 Å². The largest absolute Gasteiger partial charge is 0.358 e. The van der Waals surface area contributed by atoms with E-state index in [1.165, 1.54) is 0 Å². The Morgan fingerprint density at radius 3 is 2.50 bits per heavy atom. The summed E-state index contributed by atoms with van der Waals surface area (Å²) in [5.74, 6) is 0.484. The van der Waals surface area contributed by atoms with Crippen LogP contribution in [0.4, 0.5) is 0 Å². The average Bonchev–Trinajstić information content (AvgIpc) is 2.49. The minimum absolute atomic E-state index is 0.0764. The smallest absolute Gasteiger partial charge is 0.234 e. The van der Waals surface area contributed by atoms with Crippen molar-refractivity contribution in [2.75, 3.05) is 7.05 Å². The number of fused-ring (bicyclic) bond motifs is 2. The third-order valence-corrected chi connectivity index (χ3v) is 4.51. The van der Waals surface area contributed by atoms with Crippen molar-refractivity contribution in [3.63, 3.8) is 0 Å². The van der Waals surface area contributed by atoms with E-state index in [0.29, 0.717) is 12.3 Å². The second-order valence-electron chi connectivity index (χ2n) is 5.07. The topological polar surface area (TPSA) is 46.2 Å². The van der Waals surface area contributed by atoms with Gasteiger partial charge in [-0.1, -0.05) is 13.8 Å². The first-order valence-corrected chi connectivity index (χ1v) is 5.22. The van der Waals surface area contributed by atoms with Crippen LogP contribution in [0.5, 0.6) is 0 Å². The Kier molecular flexibility index (Phi) is 1.79. The molecule has 2 bridgehead atoms. The molecule has 1 N–H and O–H groups in total. The number of amides is 1. The molecule has 2 saturated carbocycles. The second kappa shape index (κ2) is 2.59. The van der Waals surface area contributed by atoms with Crippen molar-refractivity contribution in [1.29, 1.82) is 0 Å². The van der Waals surface area contributed by atoms with Crippen LogP contribution >= 0.6 is 0 Å². The summed E-state index contributed by atoms with van der Waals surface area (Å²) in [7, 11) is 1.62. The molecule has 14 heavy (non-hydrogen) atoms. The zero-order valence-electron chi connectivity index (χ0n) is 9.02. The number of nitrogens with one attached hydrogen (secondary N) is 1. The van der Waals surface area contributed by atoms with Gasteiger partial charge in [0, 0.05) is 13.5 Å². The normalized spacial score (nSPS) is 38.8. The van der Waals surface area contributed by atoms with Crippen molar-refractivity contribution in [2.45, 2.75) is 33.1 Å². The summed E-state index contributed by atoms with van der Waals surface area (Å²) in [5, 5.41) is 2.65. The minimum atomic E-state index is -0.716. The molecule has 2 fully saturated rings. The van der Waals surface area contributed by atoms with Crippen molar-refractivity contribution in [1.82, 2.24) is 5.32 Å². The maximum absolute atomic E-state index is 11.9. The van der Waals surface area contributed by atoms with E-state index in [1.807, 2.05) is 0 Å². The number of ketones is 1. The number of carbonyl (C=O) groups excluding carboxylic acids is 2. The van der Waals surface area contributed by atoms with Crippen LogP contribution < -0.4 is 5.32 Å². The number of carbonyl (C=O) groups is 2. The van der Waals surface area contributed by atoms with Crippen LogP contribution in [0.25, 0.3) is 0 Å². The van der Waals surface area contributed by atoms with Gasteiger partial charge in [0.05, 0.1) is 0 Å². The number of hydrogen-bond donors (Lipinski definition) is 1. The maximum atomic E-state index is 11.9. The molecular weight excluding hydrogens is 178 g/mol. The molecule has 1 amide bonds. The van der Waals surface area contributed by atoms with E-state index in [2.05, 4.69) is 19.2 Å². The van der Waals surface area contributed by atoms with Gasteiger partial charge in [0.1, 0.15) is 11.2 Å².